The summed E-state index contributed by atoms with van der Waals surface area (Å²) < 4.78 is 34.2. The van der Waals surface area contributed by atoms with Crippen LogP contribution in [0.3, 0.4) is 0 Å². The van der Waals surface area contributed by atoms with Gasteiger partial charge in [0, 0.05) is 24.4 Å². The molecular formula is C66H85ClN4O14S. The number of esters is 4. The fourth-order valence-electron chi connectivity index (χ4n) is 9.36. The van der Waals surface area contributed by atoms with Crippen LogP contribution in [-0.4, -0.2) is 86.8 Å². The van der Waals surface area contributed by atoms with E-state index in [9.17, 15) is 19.2 Å². The van der Waals surface area contributed by atoms with Gasteiger partial charge in [0.15, 0.2) is 11.5 Å². The first kappa shape index (κ1) is 68.1. The van der Waals surface area contributed by atoms with Crippen molar-refractivity contribution in [1.82, 2.24) is 4.98 Å². The number of anilines is 1. The van der Waals surface area contributed by atoms with E-state index in [2.05, 4.69) is 34.8 Å². The molecular weight excluding hydrogens is 1140 g/mol. The predicted octanol–water partition coefficient (Wildman–Crippen LogP) is 15.2. The number of carbonyl (C=O) groups excluding carboxylic acids is 4. The van der Waals surface area contributed by atoms with Crippen LogP contribution >= 0.6 is 22.9 Å². The van der Waals surface area contributed by atoms with Crippen molar-refractivity contribution in [2.75, 3.05) is 50.6 Å². The number of benzene rings is 4. The number of nitrogens with zero attached hydrogens (tertiary/aromatic N) is 4. The molecule has 86 heavy (non-hydrogen) atoms. The average molecular weight is 1230 g/mol. The molecule has 20 heteroatoms. The molecule has 2 aliphatic carbocycles. The molecule has 4 aromatic carbocycles. The summed E-state index contributed by atoms with van der Waals surface area (Å²) in [7, 11) is 0. The number of carbonyl (C=O) groups is 4. The van der Waals surface area contributed by atoms with Gasteiger partial charge in [-0.2, -0.15) is 20.0 Å². The van der Waals surface area contributed by atoms with Crippen LogP contribution < -0.4 is 33.8 Å². The van der Waals surface area contributed by atoms with E-state index < -0.39 is 5.97 Å². The lowest BCUT2D eigenvalue weighted by Gasteiger charge is -2.26. The highest BCUT2D eigenvalue weighted by molar-refractivity contribution is 7.22. The normalized spacial score (nSPS) is 16.6. The Hall–Kier alpha value is -7.06. The summed E-state index contributed by atoms with van der Waals surface area (Å²) in [6, 6.07) is 29.3. The fraction of sp³-hybridized carbons (Fsp3) is 0.500. The number of aromatic nitrogens is 1. The molecule has 0 unspecified atom stereocenters. The smallest absolute Gasteiger partial charge is 0.330 e. The van der Waals surface area contributed by atoms with Crippen LogP contribution in [0.5, 0.6) is 34.5 Å². The first-order valence-corrected chi connectivity index (χ1v) is 31.7. The third-order valence-electron chi connectivity index (χ3n) is 14.3. The lowest BCUT2D eigenvalue weighted by Crippen LogP contribution is -2.27. The summed E-state index contributed by atoms with van der Waals surface area (Å²) in [5.74, 6) is 2.87. The van der Waals surface area contributed by atoms with Gasteiger partial charge in [0.05, 0.1) is 68.1 Å². The highest BCUT2D eigenvalue weighted by Gasteiger charge is 2.30. The number of hydrogen-bond donors (Lipinski definition) is 0. The number of hydrazone groups is 2. The third-order valence-corrected chi connectivity index (χ3v) is 15.5. The highest BCUT2D eigenvalue weighted by atomic mass is 35.5. The van der Waals surface area contributed by atoms with Crippen LogP contribution in [0.1, 0.15) is 142 Å². The van der Waals surface area contributed by atoms with Gasteiger partial charge in [-0.3, -0.25) is 14.4 Å². The van der Waals surface area contributed by atoms with Crippen LogP contribution in [0.2, 0.25) is 0 Å². The van der Waals surface area contributed by atoms with Crippen LogP contribution in [0.25, 0.3) is 10.2 Å². The Morgan fingerprint density at radius 1 is 0.605 bits per heavy atom. The molecule has 2 aliphatic rings. The summed E-state index contributed by atoms with van der Waals surface area (Å²) in [5, 5.41) is 11.0. The van der Waals surface area contributed by atoms with Crippen LogP contribution in [0, 0.1) is 23.7 Å². The number of thiazole rings is 1. The molecule has 18 nitrogen and oxygen atoms in total. The van der Waals surface area contributed by atoms with Gasteiger partial charge in [-0.15, -0.1) is 16.7 Å². The van der Waals surface area contributed by atoms with E-state index in [0.717, 1.165) is 111 Å². The summed E-state index contributed by atoms with van der Waals surface area (Å²) in [6.45, 7) is 10.3. The van der Waals surface area contributed by atoms with Crippen molar-refractivity contribution >= 4 is 74.6 Å². The van der Waals surface area contributed by atoms with E-state index in [-0.39, 0.29) is 53.9 Å². The Bertz CT molecular complexity index is 2770. The van der Waals surface area contributed by atoms with E-state index in [1.165, 1.54) is 12.5 Å². The maximum Gasteiger partial charge on any atom is 0.330 e. The van der Waals surface area contributed by atoms with E-state index in [4.69, 9.17) is 59.6 Å². The summed E-state index contributed by atoms with van der Waals surface area (Å²) in [6.07, 6.45) is 21.8. The van der Waals surface area contributed by atoms with Gasteiger partial charge < -0.3 is 38.2 Å². The molecule has 0 aliphatic heterocycles. The second kappa shape index (κ2) is 40.3. The van der Waals surface area contributed by atoms with E-state index >= 15 is 0 Å². The molecule has 0 spiro atoms. The summed E-state index contributed by atoms with van der Waals surface area (Å²) in [5.41, 5.74) is 0.988. The molecule has 2 fully saturated rings. The molecule has 1 aromatic heterocycles. The molecule has 0 N–H and O–H groups in total. The van der Waals surface area contributed by atoms with Crippen LogP contribution in [0.4, 0.5) is 5.13 Å². The SMILES string of the molecule is C/C=N/N(/N=C/CCCC)c1nc2ccccc2s1.C=CC(=O)OCCCCCCOc1ccc(OC(=O)C2CCC(COOc3ccc(OC(=O)C4CCC(COOc5ccc(OCCCCCCOC(=O)CCCl)cc5)CC4)cc3)CC2)cc1. The molecule has 7 rings (SSSR count). The number of alkyl halides is 1. The second-order valence-corrected chi connectivity index (χ2v) is 22.4. The fourth-order valence-corrected chi connectivity index (χ4v) is 10.4. The van der Waals surface area contributed by atoms with Gasteiger partial charge in [-0.1, -0.05) is 43.4 Å². The Kier molecular flexibility index (Phi) is 31.9. The van der Waals surface area contributed by atoms with Crippen LogP contribution in [-0.2, 0) is 38.4 Å². The highest BCUT2D eigenvalue weighted by Crippen LogP contribution is 2.34. The quantitative estimate of drug-likeness (QED) is 0.00530. The summed E-state index contributed by atoms with van der Waals surface area (Å²) in [4.78, 5) is 74.9. The number of fused-ring (bicyclic) bond motifs is 1. The number of para-hydroxylation sites is 1. The molecule has 0 atom stereocenters. The molecule has 2 saturated carbocycles. The average Bonchev–Trinajstić information content (AvgIpc) is 4.10. The first-order chi connectivity index (χ1) is 42.1. The van der Waals surface area contributed by atoms with Gasteiger partial charge in [0.2, 0.25) is 5.13 Å². The van der Waals surface area contributed by atoms with Gasteiger partial charge in [0.25, 0.3) is 0 Å². The molecule has 0 radical (unpaired) electrons. The topological polar surface area (TPSA) is 201 Å². The minimum absolute atomic E-state index is 0.169. The zero-order valence-corrected chi connectivity index (χ0v) is 51.4. The van der Waals surface area contributed by atoms with Crippen molar-refractivity contribution in [3.05, 3.63) is 110 Å². The van der Waals surface area contributed by atoms with Crippen molar-refractivity contribution < 1.29 is 67.1 Å². The zero-order valence-electron chi connectivity index (χ0n) is 49.9. The Morgan fingerprint density at radius 3 is 1.56 bits per heavy atom. The van der Waals surface area contributed by atoms with Crippen molar-refractivity contribution in [3.8, 4) is 34.5 Å². The van der Waals surface area contributed by atoms with Gasteiger partial charge in [-0.05, 0) is 219 Å². The molecule has 0 amide bonds. The Morgan fingerprint density at radius 2 is 1.08 bits per heavy atom. The van der Waals surface area contributed by atoms with Crippen molar-refractivity contribution in [1.29, 1.82) is 0 Å². The first-order valence-electron chi connectivity index (χ1n) is 30.4. The van der Waals surface area contributed by atoms with Gasteiger partial charge in [0.1, 0.15) is 23.0 Å². The van der Waals surface area contributed by atoms with Crippen molar-refractivity contribution in [3.63, 3.8) is 0 Å². The monoisotopic (exact) mass is 1220 g/mol. The third kappa shape index (κ3) is 26.3. The van der Waals surface area contributed by atoms with E-state index in [1.807, 2.05) is 43.5 Å². The van der Waals surface area contributed by atoms with Crippen LogP contribution in [0.15, 0.2) is 120 Å². The van der Waals surface area contributed by atoms with Gasteiger partial charge >= 0.3 is 23.9 Å². The molecule has 5 aromatic rings. The van der Waals surface area contributed by atoms with Crippen molar-refractivity contribution in [2.24, 2.45) is 33.9 Å². The molecule has 466 valence electrons. The summed E-state index contributed by atoms with van der Waals surface area (Å²) >= 11 is 7.13. The molecule has 0 saturated heterocycles. The van der Waals surface area contributed by atoms with E-state index in [0.29, 0.717) is 94.1 Å². The van der Waals surface area contributed by atoms with E-state index in [1.54, 1.807) is 83.3 Å². The largest absolute Gasteiger partial charge is 0.494 e. The minimum atomic E-state index is -0.394. The maximum atomic E-state index is 13.0. The lowest BCUT2D eigenvalue weighted by atomic mass is 9.82. The number of rotatable bonds is 37. The maximum absolute atomic E-state index is 13.0. The molecule has 1 heterocycles. The predicted molar refractivity (Wildman–Crippen MR) is 334 cm³/mol. The second-order valence-electron chi connectivity index (χ2n) is 21.1. The van der Waals surface area contributed by atoms with Crippen molar-refractivity contribution in [2.45, 2.75) is 142 Å². The Balaban J connectivity index is 0.000000525. The minimum Gasteiger partial charge on any atom is -0.494 e. The molecule has 0 bridgehead atoms. The lowest BCUT2D eigenvalue weighted by molar-refractivity contribution is -0.218. The number of ether oxygens (including phenoxy) is 6. The zero-order chi connectivity index (χ0) is 60.8. The standard InChI is InChI=1S/C52H67ClO14.C14H18N4S/c1-2-49(54)60-35-9-5-3-7-33-58-43-19-23-45(24-20-43)64-51(56)41-15-11-40(12-16-41)38-63-67-48-29-25-46(26-30-48)65-52(57)42-17-13-39(14-18-42)37-62-66-47-27-21-44(22-28-47)59-34-8-4-6-10-36-61-50(55)31-32-53;1-3-5-8-11-16-18(15-4-2)14-17-12-9-6-7-10-13(12)19-14/h2,19-30,39-42H,1,3-18,31-38H2;4,6-7,9-11H,3,5,8H2,1-2H3/b;15-4+,16-11+. The number of hydrogen-bond acceptors (Lipinski definition) is 19. The number of halogens is 1. The number of unbranched alkanes of at least 4 members (excludes halogenated alkanes) is 8. The van der Waals surface area contributed by atoms with Gasteiger partial charge in [-0.25, -0.2) is 9.78 Å². The Labute approximate surface area is 515 Å².